The van der Waals surface area contributed by atoms with Gasteiger partial charge >= 0.3 is 0 Å². The van der Waals surface area contributed by atoms with Crippen LogP contribution in [0, 0.1) is 0 Å². The molecule has 4 heterocycles. The highest BCUT2D eigenvalue weighted by Crippen LogP contribution is 2.33. The van der Waals surface area contributed by atoms with E-state index in [1.54, 1.807) is 10.7 Å². The Morgan fingerprint density at radius 2 is 2.07 bits per heavy atom. The molecule has 150 valence electrons. The minimum absolute atomic E-state index is 0.261. The number of hydrogen-bond acceptors (Lipinski definition) is 7. The fourth-order valence-corrected chi connectivity index (χ4v) is 4.01. The van der Waals surface area contributed by atoms with Gasteiger partial charge in [-0.1, -0.05) is 0 Å². The predicted octanol–water partition coefficient (Wildman–Crippen LogP) is 2.81. The predicted molar refractivity (Wildman–Crippen MR) is 112 cm³/mol. The van der Waals surface area contributed by atoms with E-state index in [0.717, 1.165) is 59.4 Å². The van der Waals surface area contributed by atoms with Crippen molar-refractivity contribution in [2.45, 2.75) is 44.2 Å². The number of aromatic amines is 1. The molecule has 5 rings (SSSR count). The number of nitrogens with zero attached hydrogens (tertiary/aromatic N) is 5. The summed E-state index contributed by atoms with van der Waals surface area (Å²) in [6.45, 7) is 1.90. The number of anilines is 2. The van der Waals surface area contributed by atoms with E-state index in [9.17, 15) is 5.11 Å². The number of imidazole rings is 1. The van der Waals surface area contributed by atoms with Crippen LogP contribution in [0.4, 0.5) is 11.8 Å². The number of fused-ring (bicyclic) bond motifs is 2. The number of hydrogen-bond donors (Lipinski definition) is 4. The SMILES string of the molecule is CNc1nc(N[C@H]2CC[C@](C)(O)CC2)nc2[nH]cc(-c3ccc4nccn4n3)c12. The van der Waals surface area contributed by atoms with E-state index in [4.69, 9.17) is 4.98 Å². The van der Waals surface area contributed by atoms with Crippen molar-refractivity contribution in [2.24, 2.45) is 0 Å². The fraction of sp³-hybridized carbons (Fsp3) is 0.400. The van der Waals surface area contributed by atoms with Gasteiger partial charge in [-0.15, -0.1) is 0 Å². The van der Waals surface area contributed by atoms with Crippen LogP contribution >= 0.6 is 0 Å². The van der Waals surface area contributed by atoms with Gasteiger partial charge in [0.2, 0.25) is 5.95 Å². The van der Waals surface area contributed by atoms with Crippen LogP contribution < -0.4 is 10.6 Å². The Morgan fingerprint density at radius 1 is 1.24 bits per heavy atom. The van der Waals surface area contributed by atoms with Gasteiger partial charge in [-0.3, -0.25) is 0 Å². The monoisotopic (exact) mass is 392 g/mol. The van der Waals surface area contributed by atoms with Crippen LogP contribution in [0.2, 0.25) is 0 Å². The first-order valence-corrected chi connectivity index (χ1v) is 9.89. The summed E-state index contributed by atoms with van der Waals surface area (Å²) in [5, 5.41) is 22.3. The third-order valence-corrected chi connectivity index (χ3v) is 5.70. The molecule has 0 bridgehead atoms. The maximum Gasteiger partial charge on any atom is 0.226 e. The number of rotatable bonds is 4. The Hall–Kier alpha value is -3.20. The van der Waals surface area contributed by atoms with E-state index in [2.05, 4.69) is 30.7 Å². The van der Waals surface area contributed by atoms with Crippen molar-refractivity contribution in [1.29, 1.82) is 0 Å². The molecule has 4 aromatic heterocycles. The van der Waals surface area contributed by atoms with E-state index in [1.165, 1.54) is 0 Å². The lowest BCUT2D eigenvalue weighted by atomic mass is 9.84. The first-order chi connectivity index (χ1) is 14.0. The molecule has 4 N–H and O–H groups in total. The summed E-state index contributed by atoms with van der Waals surface area (Å²) in [4.78, 5) is 16.9. The molecule has 0 aromatic carbocycles. The average molecular weight is 392 g/mol. The molecule has 0 amide bonds. The summed E-state index contributed by atoms with van der Waals surface area (Å²) < 4.78 is 1.75. The molecule has 0 atom stereocenters. The number of H-pyrrole nitrogens is 1. The van der Waals surface area contributed by atoms with Gasteiger partial charge in [0.25, 0.3) is 0 Å². The molecule has 1 aliphatic rings. The van der Waals surface area contributed by atoms with Crippen LogP contribution in [0.25, 0.3) is 27.9 Å². The molecule has 0 aliphatic heterocycles. The quantitative estimate of drug-likeness (QED) is 0.422. The van der Waals surface area contributed by atoms with E-state index in [0.29, 0.717) is 5.95 Å². The second kappa shape index (κ2) is 6.70. The van der Waals surface area contributed by atoms with Crippen molar-refractivity contribution < 1.29 is 5.11 Å². The Kier molecular flexibility index (Phi) is 4.13. The van der Waals surface area contributed by atoms with Gasteiger partial charge in [-0.2, -0.15) is 15.1 Å². The normalized spacial score (nSPS) is 22.2. The summed E-state index contributed by atoms with van der Waals surface area (Å²) in [6, 6.07) is 4.15. The maximum absolute atomic E-state index is 10.2. The summed E-state index contributed by atoms with van der Waals surface area (Å²) in [6.07, 6.45) is 8.82. The standard InChI is InChI=1S/C20H24N8O/c1-20(29)7-5-12(6-8-20)24-19-25-17(21-2)16-13(11-23-18(16)26-19)14-3-4-15-22-9-10-28(15)27-14/h3-4,9-12,29H,5-8H2,1-2H3,(H3,21,23,24,25,26)/t12-,20-. The smallest absolute Gasteiger partial charge is 0.226 e. The molecule has 0 unspecified atom stereocenters. The molecule has 0 spiro atoms. The highest BCUT2D eigenvalue weighted by molar-refractivity contribution is 6.00. The highest BCUT2D eigenvalue weighted by Gasteiger charge is 2.29. The van der Waals surface area contributed by atoms with Crippen LogP contribution in [0.3, 0.4) is 0 Å². The molecule has 9 heteroatoms. The van der Waals surface area contributed by atoms with Crippen molar-refractivity contribution in [1.82, 2.24) is 29.5 Å². The highest BCUT2D eigenvalue weighted by atomic mass is 16.3. The molecule has 29 heavy (non-hydrogen) atoms. The molecule has 9 nitrogen and oxygen atoms in total. The van der Waals surface area contributed by atoms with Crippen LogP contribution in [-0.4, -0.2) is 53.3 Å². The molecule has 1 fully saturated rings. The van der Waals surface area contributed by atoms with Crippen LogP contribution in [0.15, 0.2) is 30.7 Å². The molecule has 1 aliphatic carbocycles. The molecule has 1 saturated carbocycles. The Morgan fingerprint density at radius 3 is 2.86 bits per heavy atom. The minimum atomic E-state index is -0.559. The van der Waals surface area contributed by atoms with Crippen LogP contribution in [0.1, 0.15) is 32.6 Å². The third kappa shape index (κ3) is 3.27. The zero-order valence-corrected chi connectivity index (χ0v) is 16.5. The van der Waals surface area contributed by atoms with Crippen molar-refractivity contribution in [2.75, 3.05) is 17.7 Å². The largest absolute Gasteiger partial charge is 0.390 e. The number of nitrogens with one attached hydrogen (secondary N) is 3. The maximum atomic E-state index is 10.2. The van der Waals surface area contributed by atoms with Crippen molar-refractivity contribution >= 4 is 28.4 Å². The minimum Gasteiger partial charge on any atom is -0.390 e. The van der Waals surface area contributed by atoms with Gasteiger partial charge in [-0.25, -0.2) is 9.50 Å². The molecule has 0 radical (unpaired) electrons. The van der Waals surface area contributed by atoms with Gasteiger partial charge in [0.1, 0.15) is 11.5 Å². The molecule has 4 aromatic rings. The first-order valence-electron chi connectivity index (χ1n) is 9.89. The number of aliphatic hydroxyl groups is 1. The summed E-state index contributed by atoms with van der Waals surface area (Å²) in [5.41, 5.74) is 2.74. The Bertz CT molecular complexity index is 1170. The van der Waals surface area contributed by atoms with Crippen molar-refractivity contribution in [3.05, 3.63) is 30.7 Å². The van der Waals surface area contributed by atoms with E-state index in [1.807, 2.05) is 38.5 Å². The van der Waals surface area contributed by atoms with Crippen LogP contribution in [0.5, 0.6) is 0 Å². The lowest BCUT2D eigenvalue weighted by Crippen LogP contribution is -2.36. The molecule has 0 saturated heterocycles. The van der Waals surface area contributed by atoms with E-state index < -0.39 is 5.60 Å². The lowest BCUT2D eigenvalue weighted by Gasteiger charge is -2.33. The van der Waals surface area contributed by atoms with Gasteiger partial charge < -0.3 is 20.7 Å². The zero-order chi connectivity index (χ0) is 20.0. The zero-order valence-electron chi connectivity index (χ0n) is 16.5. The van der Waals surface area contributed by atoms with Crippen molar-refractivity contribution in [3.63, 3.8) is 0 Å². The van der Waals surface area contributed by atoms with Crippen molar-refractivity contribution in [3.8, 4) is 11.3 Å². The van der Waals surface area contributed by atoms with E-state index in [-0.39, 0.29) is 6.04 Å². The number of aromatic nitrogens is 6. The third-order valence-electron chi connectivity index (χ3n) is 5.70. The summed E-state index contributed by atoms with van der Waals surface area (Å²) >= 11 is 0. The molecular formula is C20H24N8O. The summed E-state index contributed by atoms with van der Waals surface area (Å²) in [7, 11) is 1.85. The summed E-state index contributed by atoms with van der Waals surface area (Å²) in [5.74, 6) is 1.32. The topological polar surface area (TPSA) is 116 Å². The van der Waals surface area contributed by atoms with Gasteiger partial charge in [0, 0.05) is 37.2 Å². The van der Waals surface area contributed by atoms with Crippen LogP contribution in [-0.2, 0) is 0 Å². The van der Waals surface area contributed by atoms with E-state index >= 15 is 0 Å². The Labute approximate surface area is 167 Å². The second-order valence-corrected chi connectivity index (χ2v) is 7.94. The fourth-order valence-electron chi connectivity index (χ4n) is 4.01. The van der Waals surface area contributed by atoms with Gasteiger partial charge in [-0.05, 0) is 44.7 Å². The average Bonchev–Trinajstić information content (AvgIpc) is 3.35. The lowest BCUT2D eigenvalue weighted by molar-refractivity contribution is 0.0196. The van der Waals surface area contributed by atoms with Gasteiger partial charge in [0.15, 0.2) is 5.65 Å². The second-order valence-electron chi connectivity index (χ2n) is 7.94. The molecular weight excluding hydrogens is 368 g/mol. The first kappa shape index (κ1) is 17.9. The van der Waals surface area contributed by atoms with Gasteiger partial charge in [0.05, 0.1) is 16.7 Å². The Balaban J connectivity index is 1.49.